The van der Waals surface area contributed by atoms with Gasteiger partial charge in [-0.15, -0.1) is 11.3 Å². The molecule has 3 aromatic heterocycles. The first-order valence-corrected chi connectivity index (χ1v) is 8.78. The fourth-order valence-corrected chi connectivity index (χ4v) is 3.57. The van der Waals surface area contributed by atoms with Crippen LogP contribution >= 0.6 is 22.9 Å². The van der Waals surface area contributed by atoms with E-state index in [2.05, 4.69) is 15.3 Å². The maximum Gasteiger partial charge on any atom is 0.356 e. The lowest BCUT2D eigenvalue weighted by Crippen LogP contribution is -2.23. The zero-order valence-electron chi connectivity index (χ0n) is 12.3. The van der Waals surface area contributed by atoms with Crippen LogP contribution in [0.25, 0.3) is 27.2 Å². The number of anilines is 1. The Hall–Kier alpha value is -2.38. The summed E-state index contributed by atoms with van der Waals surface area (Å²) in [4.78, 5) is 21.1. The van der Waals surface area contributed by atoms with Crippen LogP contribution in [0.4, 0.5) is 5.82 Å². The molecular formula is C16H11ClN4O2S. The standard InChI is InChI=1S/C16H11ClN4O2S/c17-8-1-4-11-10(7-8)12-13(23-11)14(19-9-2-3-9)20-15(22)21(12)16-18-5-6-24-16/h1,4-7,9H,2-3H2,(H,19,20,22). The second kappa shape index (κ2) is 5.06. The number of rotatable bonds is 3. The first kappa shape index (κ1) is 14.0. The molecule has 4 aromatic rings. The molecule has 24 heavy (non-hydrogen) atoms. The SMILES string of the molecule is O=c1nc(NC2CC2)c2oc3ccc(Cl)cc3c2n1-c1nccs1. The van der Waals surface area contributed by atoms with Gasteiger partial charge in [-0.3, -0.25) is 0 Å². The molecule has 0 amide bonds. The second-order valence-corrected chi connectivity index (χ2v) is 7.04. The van der Waals surface area contributed by atoms with Crippen molar-refractivity contribution in [2.24, 2.45) is 0 Å². The van der Waals surface area contributed by atoms with E-state index in [9.17, 15) is 4.79 Å². The normalized spacial score (nSPS) is 14.5. The number of thiazole rings is 1. The van der Waals surface area contributed by atoms with Crippen LogP contribution in [0, 0.1) is 0 Å². The molecule has 1 N–H and O–H groups in total. The van der Waals surface area contributed by atoms with E-state index in [1.807, 2.05) is 5.38 Å². The van der Waals surface area contributed by atoms with Gasteiger partial charge in [0.2, 0.25) is 0 Å². The Balaban J connectivity index is 1.93. The van der Waals surface area contributed by atoms with Crippen LogP contribution < -0.4 is 11.0 Å². The summed E-state index contributed by atoms with van der Waals surface area (Å²) in [5.41, 5.74) is 1.47. The molecule has 1 aliphatic carbocycles. The van der Waals surface area contributed by atoms with Crippen molar-refractivity contribution in [1.29, 1.82) is 0 Å². The van der Waals surface area contributed by atoms with Crippen LogP contribution in [0.5, 0.6) is 0 Å². The largest absolute Gasteiger partial charge is 0.450 e. The third kappa shape index (κ3) is 2.12. The van der Waals surface area contributed by atoms with E-state index in [1.54, 1.807) is 24.4 Å². The fourth-order valence-electron chi connectivity index (χ4n) is 2.75. The van der Waals surface area contributed by atoms with Crippen molar-refractivity contribution in [3.63, 3.8) is 0 Å². The van der Waals surface area contributed by atoms with Gasteiger partial charge in [0.25, 0.3) is 0 Å². The Labute approximate surface area is 144 Å². The second-order valence-electron chi connectivity index (χ2n) is 5.73. The minimum absolute atomic E-state index is 0.354. The monoisotopic (exact) mass is 358 g/mol. The highest BCUT2D eigenvalue weighted by molar-refractivity contribution is 7.12. The molecule has 0 spiro atoms. The number of fused-ring (bicyclic) bond motifs is 3. The number of benzene rings is 1. The van der Waals surface area contributed by atoms with Gasteiger partial charge in [0.1, 0.15) is 11.1 Å². The summed E-state index contributed by atoms with van der Waals surface area (Å²) < 4.78 is 7.48. The van der Waals surface area contributed by atoms with Crippen LogP contribution in [0.15, 0.2) is 39.0 Å². The van der Waals surface area contributed by atoms with Crippen LogP contribution in [0.3, 0.4) is 0 Å². The molecule has 0 unspecified atom stereocenters. The van der Waals surface area contributed by atoms with Crippen molar-refractivity contribution in [2.75, 3.05) is 5.32 Å². The number of hydrogen-bond acceptors (Lipinski definition) is 6. The number of hydrogen-bond donors (Lipinski definition) is 1. The Morgan fingerprint density at radius 1 is 1.38 bits per heavy atom. The molecule has 0 saturated heterocycles. The Morgan fingerprint density at radius 3 is 3.00 bits per heavy atom. The quantitative estimate of drug-likeness (QED) is 0.602. The Kier molecular flexibility index (Phi) is 2.95. The van der Waals surface area contributed by atoms with E-state index in [1.165, 1.54) is 15.9 Å². The smallest absolute Gasteiger partial charge is 0.356 e. The highest BCUT2D eigenvalue weighted by Crippen LogP contribution is 2.36. The highest BCUT2D eigenvalue weighted by Gasteiger charge is 2.26. The number of aromatic nitrogens is 3. The molecule has 1 fully saturated rings. The third-order valence-corrected chi connectivity index (χ3v) is 4.98. The summed E-state index contributed by atoms with van der Waals surface area (Å²) in [6.07, 6.45) is 3.81. The molecule has 0 bridgehead atoms. The van der Waals surface area contributed by atoms with Gasteiger partial charge in [-0.1, -0.05) is 11.6 Å². The van der Waals surface area contributed by atoms with E-state index in [0.717, 1.165) is 18.2 Å². The van der Waals surface area contributed by atoms with Gasteiger partial charge in [-0.05, 0) is 31.0 Å². The third-order valence-electron chi connectivity index (χ3n) is 3.99. The molecule has 1 saturated carbocycles. The van der Waals surface area contributed by atoms with Gasteiger partial charge in [-0.2, -0.15) is 4.98 Å². The lowest BCUT2D eigenvalue weighted by molar-refractivity contribution is 0.664. The number of halogens is 1. The molecule has 0 radical (unpaired) electrons. The first-order chi connectivity index (χ1) is 11.7. The first-order valence-electron chi connectivity index (χ1n) is 7.52. The lowest BCUT2D eigenvalue weighted by Gasteiger charge is -2.07. The summed E-state index contributed by atoms with van der Waals surface area (Å²) >= 11 is 7.52. The van der Waals surface area contributed by atoms with Crippen molar-refractivity contribution in [3.8, 4) is 5.13 Å². The number of furan rings is 1. The van der Waals surface area contributed by atoms with Crippen molar-refractivity contribution in [1.82, 2.24) is 14.5 Å². The Morgan fingerprint density at radius 2 is 2.25 bits per heavy atom. The van der Waals surface area contributed by atoms with Crippen LogP contribution in [0.2, 0.25) is 5.02 Å². The molecule has 1 aromatic carbocycles. The number of nitrogens with zero attached hydrogens (tertiary/aromatic N) is 3. The van der Waals surface area contributed by atoms with E-state index >= 15 is 0 Å². The summed E-state index contributed by atoms with van der Waals surface area (Å²) in [5.74, 6) is 0.484. The molecule has 120 valence electrons. The zero-order chi connectivity index (χ0) is 16.3. The Bertz CT molecular complexity index is 1130. The minimum atomic E-state index is -0.386. The molecular weight excluding hydrogens is 348 g/mol. The van der Waals surface area contributed by atoms with Crippen molar-refractivity contribution in [2.45, 2.75) is 18.9 Å². The van der Waals surface area contributed by atoms with Crippen molar-refractivity contribution in [3.05, 3.63) is 45.3 Å². The van der Waals surface area contributed by atoms with E-state index in [0.29, 0.717) is 38.7 Å². The van der Waals surface area contributed by atoms with Gasteiger partial charge in [0.05, 0.1) is 0 Å². The van der Waals surface area contributed by atoms with E-state index < -0.39 is 0 Å². The molecule has 0 aliphatic heterocycles. The van der Waals surface area contributed by atoms with Crippen molar-refractivity contribution < 1.29 is 4.42 Å². The minimum Gasteiger partial charge on any atom is -0.450 e. The summed E-state index contributed by atoms with van der Waals surface area (Å²) in [5, 5.41) is 7.00. The number of nitrogens with one attached hydrogen (secondary N) is 1. The molecule has 1 aliphatic rings. The maximum absolute atomic E-state index is 12.7. The van der Waals surface area contributed by atoms with Gasteiger partial charge in [-0.25, -0.2) is 14.3 Å². The van der Waals surface area contributed by atoms with Gasteiger partial charge in [0, 0.05) is 28.0 Å². The average Bonchev–Trinajstić information content (AvgIpc) is 3.08. The van der Waals surface area contributed by atoms with Crippen LogP contribution in [-0.4, -0.2) is 20.6 Å². The predicted molar refractivity (Wildman–Crippen MR) is 94.4 cm³/mol. The molecule has 0 atom stereocenters. The van der Waals surface area contributed by atoms with Gasteiger partial charge >= 0.3 is 5.69 Å². The fraction of sp³-hybridized carbons (Fsp3) is 0.188. The topological polar surface area (TPSA) is 73.0 Å². The van der Waals surface area contributed by atoms with Crippen molar-refractivity contribution >= 4 is 50.8 Å². The summed E-state index contributed by atoms with van der Waals surface area (Å²) in [7, 11) is 0. The van der Waals surface area contributed by atoms with Crippen LogP contribution in [0.1, 0.15) is 12.8 Å². The summed E-state index contributed by atoms with van der Waals surface area (Å²) in [6, 6.07) is 5.72. The molecule has 6 nitrogen and oxygen atoms in total. The molecule has 5 rings (SSSR count). The maximum atomic E-state index is 12.7. The zero-order valence-corrected chi connectivity index (χ0v) is 13.9. The van der Waals surface area contributed by atoms with E-state index in [4.69, 9.17) is 16.0 Å². The molecule has 8 heteroatoms. The lowest BCUT2D eigenvalue weighted by atomic mass is 10.2. The van der Waals surface area contributed by atoms with Gasteiger partial charge in [0.15, 0.2) is 16.5 Å². The molecule has 3 heterocycles. The highest BCUT2D eigenvalue weighted by atomic mass is 35.5. The summed E-state index contributed by atoms with van der Waals surface area (Å²) in [6.45, 7) is 0. The average molecular weight is 359 g/mol. The predicted octanol–water partition coefficient (Wildman–Crippen LogP) is 3.82. The van der Waals surface area contributed by atoms with Crippen LogP contribution in [-0.2, 0) is 0 Å². The van der Waals surface area contributed by atoms with Gasteiger partial charge < -0.3 is 9.73 Å². The van der Waals surface area contributed by atoms with E-state index in [-0.39, 0.29) is 5.69 Å².